The van der Waals surface area contributed by atoms with Crippen LogP contribution < -0.4 is 14.8 Å². The van der Waals surface area contributed by atoms with Gasteiger partial charge < -0.3 is 14.8 Å². The number of alkyl halides is 5. The summed E-state index contributed by atoms with van der Waals surface area (Å²) < 4.78 is 75.4. The molecule has 1 aromatic heterocycles. The zero-order chi connectivity index (χ0) is 22.9. The summed E-state index contributed by atoms with van der Waals surface area (Å²) in [5.41, 5.74) is -0.876. The number of nitrogens with one attached hydrogen (secondary N) is 1. The fourth-order valence-corrected chi connectivity index (χ4v) is 3.42. The molecule has 2 aromatic rings. The minimum absolute atomic E-state index is 0.0200. The number of nitrogens with zero attached hydrogens (tertiary/aromatic N) is 2. The van der Waals surface area contributed by atoms with Crippen LogP contribution in [0, 0.1) is 0 Å². The van der Waals surface area contributed by atoms with E-state index in [-0.39, 0.29) is 35.4 Å². The lowest BCUT2D eigenvalue weighted by Crippen LogP contribution is -2.26. The van der Waals surface area contributed by atoms with Gasteiger partial charge in [-0.15, -0.1) is 0 Å². The molecule has 1 aromatic carbocycles. The lowest BCUT2D eigenvalue weighted by molar-refractivity contribution is -0.141. The Kier molecular flexibility index (Phi) is 6.63. The first-order chi connectivity index (χ1) is 14.5. The predicted octanol–water partition coefficient (Wildman–Crippen LogP) is 5.63. The molecular formula is C19H19ClF5N3O3. The molecule has 170 valence electrons. The maximum atomic E-state index is 13.2. The van der Waals surface area contributed by atoms with Crippen LogP contribution in [0.4, 0.5) is 27.6 Å². The Morgan fingerprint density at radius 2 is 2.00 bits per heavy atom. The van der Waals surface area contributed by atoms with Crippen LogP contribution in [-0.4, -0.2) is 28.9 Å². The van der Waals surface area contributed by atoms with Crippen LogP contribution >= 0.6 is 11.6 Å². The topological polar surface area (TPSA) is 65.4 Å². The molecule has 3 rings (SSSR count). The Balaban J connectivity index is 1.85. The van der Waals surface area contributed by atoms with E-state index in [0.29, 0.717) is 12.8 Å². The Hall–Kier alpha value is -2.56. The molecule has 0 bridgehead atoms. The maximum absolute atomic E-state index is 13.2. The molecule has 1 fully saturated rings. The summed E-state index contributed by atoms with van der Waals surface area (Å²) in [5, 5.41) is 5.60. The van der Waals surface area contributed by atoms with Crippen molar-refractivity contribution in [1.29, 1.82) is 0 Å². The Labute approximate surface area is 179 Å². The van der Waals surface area contributed by atoms with Crippen LogP contribution in [-0.2, 0) is 11.0 Å². The number of carbonyl (C=O) groups is 1. The standard InChI is InChI=1S/C19H19ClF5N3O3/c1-3-30-13-8-11(6-7-12(13)31-18(21)22)26-17(29)9(2)28-15(10-4-5-10)14(20)16(27-28)19(23,24)25/h6-10,18H,3-5H2,1-2H3,(H,26,29). The van der Waals surface area contributed by atoms with Crippen LogP contribution in [0.25, 0.3) is 0 Å². The SMILES string of the molecule is CCOc1cc(NC(=O)C(C)n2nc(C(F)(F)F)c(Cl)c2C2CC2)ccc1OC(F)F. The van der Waals surface area contributed by atoms with Gasteiger partial charge in [0.25, 0.3) is 0 Å². The van der Waals surface area contributed by atoms with Crippen molar-refractivity contribution in [2.24, 2.45) is 0 Å². The molecular weight excluding hydrogens is 449 g/mol. The summed E-state index contributed by atoms with van der Waals surface area (Å²) in [6.07, 6.45) is -3.45. The number of aromatic nitrogens is 2. The Morgan fingerprint density at radius 1 is 1.32 bits per heavy atom. The molecule has 1 amide bonds. The quantitative estimate of drug-likeness (QED) is 0.511. The third-order valence-electron chi connectivity index (χ3n) is 4.59. The molecule has 12 heteroatoms. The van der Waals surface area contributed by atoms with Gasteiger partial charge in [-0.25, -0.2) is 0 Å². The molecule has 0 saturated heterocycles. The van der Waals surface area contributed by atoms with Crippen molar-refractivity contribution < 1.29 is 36.2 Å². The summed E-state index contributed by atoms with van der Waals surface area (Å²) in [7, 11) is 0. The molecule has 0 aliphatic heterocycles. The number of hydrogen-bond donors (Lipinski definition) is 1. The van der Waals surface area contributed by atoms with Crippen LogP contribution in [0.2, 0.25) is 5.02 Å². The zero-order valence-corrected chi connectivity index (χ0v) is 17.2. The molecule has 1 aliphatic carbocycles. The smallest absolute Gasteiger partial charge is 0.436 e. The summed E-state index contributed by atoms with van der Waals surface area (Å²) in [6.45, 7) is 0.124. The fourth-order valence-electron chi connectivity index (χ4n) is 3.03. The van der Waals surface area contributed by atoms with Gasteiger partial charge in [0.1, 0.15) is 6.04 Å². The van der Waals surface area contributed by atoms with Crippen LogP contribution in [0.15, 0.2) is 18.2 Å². The van der Waals surface area contributed by atoms with Gasteiger partial charge in [0.2, 0.25) is 5.91 Å². The molecule has 1 saturated carbocycles. The number of benzene rings is 1. The molecule has 1 heterocycles. The third kappa shape index (κ3) is 5.20. The van der Waals surface area contributed by atoms with Crippen molar-refractivity contribution >= 4 is 23.2 Å². The number of ether oxygens (including phenoxy) is 2. The predicted molar refractivity (Wildman–Crippen MR) is 102 cm³/mol. The van der Waals surface area contributed by atoms with E-state index in [9.17, 15) is 26.7 Å². The van der Waals surface area contributed by atoms with Gasteiger partial charge in [0.05, 0.1) is 17.3 Å². The van der Waals surface area contributed by atoms with Gasteiger partial charge in [0, 0.05) is 17.7 Å². The summed E-state index contributed by atoms with van der Waals surface area (Å²) in [5.74, 6) is -1.09. The Bertz CT molecular complexity index is 960. The van der Waals surface area contributed by atoms with E-state index in [4.69, 9.17) is 16.3 Å². The van der Waals surface area contributed by atoms with E-state index >= 15 is 0 Å². The maximum Gasteiger partial charge on any atom is 0.436 e. The highest BCUT2D eigenvalue weighted by atomic mass is 35.5. The third-order valence-corrected chi connectivity index (χ3v) is 4.97. The van der Waals surface area contributed by atoms with Crippen molar-refractivity contribution in [3.05, 3.63) is 34.6 Å². The van der Waals surface area contributed by atoms with Crippen LogP contribution in [0.3, 0.4) is 0 Å². The number of amides is 1. The first-order valence-electron chi connectivity index (χ1n) is 9.40. The first kappa shape index (κ1) is 23.1. The van der Waals surface area contributed by atoms with E-state index < -0.39 is 35.5 Å². The van der Waals surface area contributed by atoms with Crippen molar-refractivity contribution in [1.82, 2.24) is 9.78 Å². The molecule has 0 spiro atoms. The van der Waals surface area contributed by atoms with Gasteiger partial charge in [-0.2, -0.15) is 27.1 Å². The molecule has 31 heavy (non-hydrogen) atoms. The second kappa shape index (κ2) is 8.89. The fraction of sp³-hybridized carbons (Fsp3) is 0.474. The van der Waals surface area contributed by atoms with Crippen molar-refractivity contribution in [2.45, 2.75) is 51.4 Å². The van der Waals surface area contributed by atoms with Crippen LogP contribution in [0.1, 0.15) is 50.0 Å². The molecule has 1 N–H and O–H groups in total. The number of carbonyl (C=O) groups excluding carboxylic acids is 1. The zero-order valence-electron chi connectivity index (χ0n) is 16.5. The molecule has 1 unspecified atom stereocenters. The lowest BCUT2D eigenvalue weighted by atomic mass is 10.2. The van der Waals surface area contributed by atoms with Gasteiger partial charge >= 0.3 is 12.8 Å². The summed E-state index contributed by atoms with van der Waals surface area (Å²) in [4.78, 5) is 12.7. The summed E-state index contributed by atoms with van der Waals surface area (Å²) >= 11 is 5.95. The average Bonchev–Trinajstić information content (AvgIpc) is 3.44. The van der Waals surface area contributed by atoms with E-state index in [2.05, 4.69) is 15.2 Å². The van der Waals surface area contributed by atoms with Crippen molar-refractivity contribution in [3.63, 3.8) is 0 Å². The van der Waals surface area contributed by atoms with E-state index in [1.165, 1.54) is 25.1 Å². The molecule has 6 nitrogen and oxygen atoms in total. The second-order valence-corrected chi connectivity index (χ2v) is 7.28. The largest absolute Gasteiger partial charge is 0.490 e. The van der Waals surface area contributed by atoms with Gasteiger partial charge in [-0.1, -0.05) is 11.6 Å². The number of anilines is 1. The molecule has 1 aliphatic rings. The minimum atomic E-state index is -4.75. The molecule has 0 radical (unpaired) electrons. The highest BCUT2D eigenvalue weighted by Gasteiger charge is 2.43. The first-order valence-corrected chi connectivity index (χ1v) is 9.78. The summed E-state index contributed by atoms with van der Waals surface area (Å²) in [6, 6.07) is 2.67. The van der Waals surface area contributed by atoms with E-state index in [0.717, 1.165) is 4.68 Å². The minimum Gasteiger partial charge on any atom is -0.490 e. The Morgan fingerprint density at radius 3 is 2.55 bits per heavy atom. The molecule has 1 atom stereocenters. The average molecular weight is 468 g/mol. The number of halogens is 6. The number of rotatable bonds is 8. The van der Waals surface area contributed by atoms with Gasteiger partial charge in [-0.05, 0) is 38.8 Å². The van der Waals surface area contributed by atoms with E-state index in [1.54, 1.807) is 6.92 Å². The highest BCUT2D eigenvalue weighted by Crippen LogP contribution is 2.47. The van der Waals surface area contributed by atoms with Crippen molar-refractivity contribution in [2.75, 3.05) is 11.9 Å². The van der Waals surface area contributed by atoms with E-state index in [1.807, 2.05) is 0 Å². The highest BCUT2D eigenvalue weighted by molar-refractivity contribution is 6.32. The van der Waals surface area contributed by atoms with Gasteiger partial charge in [-0.3, -0.25) is 9.48 Å². The van der Waals surface area contributed by atoms with Crippen molar-refractivity contribution in [3.8, 4) is 11.5 Å². The normalized spacial score (nSPS) is 15.1. The van der Waals surface area contributed by atoms with Gasteiger partial charge in [0.15, 0.2) is 17.2 Å². The second-order valence-electron chi connectivity index (χ2n) is 6.90. The number of hydrogen-bond acceptors (Lipinski definition) is 4. The lowest BCUT2D eigenvalue weighted by Gasteiger charge is -2.17. The van der Waals surface area contributed by atoms with Crippen LogP contribution in [0.5, 0.6) is 11.5 Å². The monoisotopic (exact) mass is 467 g/mol.